The zero-order valence-corrected chi connectivity index (χ0v) is 15.7. The molecule has 3 aromatic rings. The lowest BCUT2D eigenvalue weighted by molar-refractivity contribution is 0.102. The Bertz CT molecular complexity index is 1000. The molecule has 28 heavy (non-hydrogen) atoms. The highest BCUT2D eigenvalue weighted by molar-refractivity contribution is 6.03. The highest BCUT2D eigenvalue weighted by atomic mass is 16.7. The van der Waals surface area contributed by atoms with Crippen LogP contribution in [0, 0.1) is 6.92 Å². The number of anilines is 3. The Labute approximate surface area is 162 Å². The van der Waals surface area contributed by atoms with E-state index in [1.165, 1.54) is 5.56 Å². The van der Waals surface area contributed by atoms with Gasteiger partial charge in [-0.15, -0.1) is 10.2 Å². The molecular weight excluding hydrogens is 356 g/mol. The first-order chi connectivity index (χ1) is 13.6. The summed E-state index contributed by atoms with van der Waals surface area (Å²) in [7, 11) is 0. The number of benzene rings is 2. The summed E-state index contributed by atoms with van der Waals surface area (Å²) < 4.78 is 10.6. The zero-order chi connectivity index (χ0) is 19.5. The summed E-state index contributed by atoms with van der Waals surface area (Å²) in [5.41, 5.74) is 3.05. The molecule has 0 spiro atoms. The van der Waals surface area contributed by atoms with E-state index in [-0.39, 0.29) is 18.4 Å². The number of hydrogen-bond donors (Lipinski definition) is 1. The number of ether oxygens (including phenoxy) is 2. The fourth-order valence-electron chi connectivity index (χ4n) is 3.03. The molecule has 142 valence electrons. The van der Waals surface area contributed by atoms with Gasteiger partial charge in [-0.1, -0.05) is 12.1 Å². The Hall–Kier alpha value is -3.61. The van der Waals surface area contributed by atoms with Crippen LogP contribution in [0.1, 0.15) is 23.0 Å². The number of carbonyl (C=O) groups excluding carboxylic acids is 1. The molecule has 1 aliphatic heterocycles. The van der Waals surface area contributed by atoms with E-state index in [9.17, 15) is 4.79 Å². The van der Waals surface area contributed by atoms with E-state index >= 15 is 0 Å². The molecule has 2 heterocycles. The van der Waals surface area contributed by atoms with E-state index < -0.39 is 0 Å². The predicted molar refractivity (Wildman–Crippen MR) is 106 cm³/mol. The maximum absolute atomic E-state index is 12.5. The summed E-state index contributed by atoms with van der Waals surface area (Å²) >= 11 is 0. The number of aromatic nitrogens is 2. The number of nitrogens with zero attached hydrogens (tertiary/aromatic N) is 3. The van der Waals surface area contributed by atoms with Gasteiger partial charge < -0.3 is 19.7 Å². The van der Waals surface area contributed by atoms with E-state index in [4.69, 9.17) is 9.47 Å². The van der Waals surface area contributed by atoms with Crippen molar-refractivity contribution >= 4 is 23.1 Å². The lowest BCUT2D eigenvalue weighted by Crippen LogP contribution is -2.19. The molecule has 2 aromatic carbocycles. The van der Waals surface area contributed by atoms with Gasteiger partial charge in [0, 0.05) is 24.0 Å². The smallest absolute Gasteiger partial charge is 0.276 e. The van der Waals surface area contributed by atoms with Gasteiger partial charge in [-0.2, -0.15) is 0 Å². The molecular formula is C21H20N4O3. The zero-order valence-electron chi connectivity index (χ0n) is 15.7. The SMILES string of the molecule is CCN(c1cccc(C)c1)c1ccc(C(=O)Nc2ccc3c(c2)OCO3)nn1. The average Bonchev–Trinajstić information content (AvgIpc) is 3.17. The van der Waals surface area contributed by atoms with E-state index in [1.807, 2.05) is 36.9 Å². The molecule has 0 saturated heterocycles. The quantitative estimate of drug-likeness (QED) is 0.727. The van der Waals surface area contributed by atoms with E-state index in [1.54, 1.807) is 30.3 Å². The summed E-state index contributed by atoms with van der Waals surface area (Å²) in [6.45, 7) is 5.02. The molecule has 0 fully saturated rings. The Morgan fingerprint density at radius 1 is 1.07 bits per heavy atom. The summed E-state index contributed by atoms with van der Waals surface area (Å²) in [5.74, 6) is 1.62. The van der Waals surface area contributed by atoms with Crippen LogP contribution in [0.2, 0.25) is 0 Å². The number of nitrogens with one attached hydrogen (secondary N) is 1. The minimum Gasteiger partial charge on any atom is -0.454 e. The van der Waals surface area contributed by atoms with E-state index in [2.05, 4.69) is 21.6 Å². The van der Waals surface area contributed by atoms with Gasteiger partial charge in [-0.3, -0.25) is 4.79 Å². The molecule has 0 bridgehead atoms. The summed E-state index contributed by atoms with van der Waals surface area (Å²) in [5, 5.41) is 11.2. The number of amides is 1. The van der Waals surface area contributed by atoms with E-state index in [0.717, 1.165) is 12.2 Å². The van der Waals surface area contributed by atoms with Crippen LogP contribution in [-0.2, 0) is 0 Å². The Balaban J connectivity index is 1.50. The van der Waals surface area contributed by atoms with Gasteiger partial charge in [0.05, 0.1) is 0 Å². The molecule has 0 unspecified atom stereocenters. The Morgan fingerprint density at radius 3 is 2.68 bits per heavy atom. The molecule has 0 atom stereocenters. The lowest BCUT2D eigenvalue weighted by Gasteiger charge is -2.22. The van der Waals surface area contributed by atoms with Gasteiger partial charge in [0.1, 0.15) is 0 Å². The van der Waals surface area contributed by atoms with Crippen LogP contribution in [-0.4, -0.2) is 29.4 Å². The number of rotatable bonds is 5. The molecule has 7 nitrogen and oxygen atoms in total. The van der Waals surface area contributed by atoms with Crippen LogP contribution < -0.4 is 19.7 Å². The molecule has 1 amide bonds. The van der Waals surface area contributed by atoms with Crippen LogP contribution in [0.15, 0.2) is 54.6 Å². The van der Waals surface area contributed by atoms with Gasteiger partial charge in [0.25, 0.3) is 5.91 Å². The molecule has 7 heteroatoms. The normalized spacial score (nSPS) is 11.9. The second kappa shape index (κ2) is 7.56. The van der Waals surface area contributed by atoms with Crippen molar-refractivity contribution in [3.05, 3.63) is 65.9 Å². The third-order valence-corrected chi connectivity index (χ3v) is 4.42. The molecule has 0 radical (unpaired) electrons. The highest BCUT2D eigenvalue weighted by Gasteiger charge is 2.16. The molecule has 1 N–H and O–H groups in total. The summed E-state index contributed by atoms with van der Waals surface area (Å²) in [6, 6.07) is 16.9. The second-order valence-electron chi connectivity index (χ2n) is 6.38. The van der Waals surface area contributed by atoms with Crippen molar-refractivity contribution in [2.75, 3.05) is 23.6 Å². The number of aryl methyl sites for hydroxylation is 1. The van der Waals surface area contributed by atoms with Crippen LogP contribution in [0.25, 0.3) is 0 Å². The fourth-order valence-corrected chi connectivity index (χ4v) is 3.03. The van der Waals surface area contributed by atoms with Crippen LogP contribution >= 0.6 is 0 Å². The predicted octanol–water partition coefficient (Wildman–Crippen LogP) is 3.92. The van der Waals surface area contributed by atoms with Crippen molar-refractivity contribution < 1.29 is 14.3 Å². The molecule has 1 aliphatic rings. The van der Waals surface area contributed by atoms with Gasteiger partial charge >= 0.3 is 0 Å². The fraction of sp³-hybridized carbons (Fsp3) is 0.190. The highest BCUT2D eigenvalue weighted by Crippen LogP contribution is 2.34. The van der Waals surface area contributed by atoms with E-state index in [0.29, 0.717) is 23.0 Å². The monoisotopic (exact) mass is 376 g/mol. The van der Waals surface area contributed by atoms with Crippen molar-refractivity contribution in [1.82, 2.24) is 10.2 Å². The topological polar surface area (TPSA) is 76.6 Å². The summed E-state index contributed by atoms with van der Waals surface area (Å²) in [4.78, 5) is 14.5. The number of fused-ring (bicyclic) bond motifs is 1. The molecule has 0 saturated carbocycles. The average molecular weight is 376 g/mol. The van der Waals surface area contributed by atoms with Gasteiger partial charge in [-0.25, -0.2) is 0 Å². The third-order valence-electron chi connectivity index (χ3n) is 4.42. The Kier molecular flexibility index (Phi) is 4.80. The van der Waals surface area contributed by atoms with Crippen molar-refractivity contribution in [3.8, 4) is 11.5 Å². The number of hydrogen-bond acceptors (Lipinski definition) is 6. The van der Waals surface area contributed by atoms with Crippen LogP contribution in [0.4, 0.5) is 17.2 Å². The second-order valence-corrected chi connectivity index (χ2v) is 6.38. The first kappa shape index (κ1) is 17.8. The largest absolute Gasteiger partial charge is 0.454 e. The third kappa shape index (κ3) is 3.59. The van der Waals surface area contributed by atoms with Gasteiger partial charge in [-0.05, 0) is 55.8 Å². The van der Waals surface area contributed by atoms with Gasteiger partial charge in [0.15, 0.2) is 23.0 Å². The number of carbonyl (C=O) groups is 1. The maximum Gasteiger partial charge on any atom is 0.276 e. The summed E-state index contributed by atoms with van der Waals surface area (Å²) in [6.07, 6.45) is 0. The van der Waals surface area contributed by atoms with Crippen LogP contribution in [0.3, 0.4) is 0 Å². The van der Waals surface area contributed by atoms with Gasteiger partial charge in [0.2, 0.25) is 6.79 Å². The standard InChI is InChI=1S/C21H20N4O3/c1-3-25(16-6-4-5-14(2)11-16)20-10-8-17(23-24-20)21(26)22-15-7-9-18-19(12-15)28-13-27-18/h4-12H,3,13H2,1-2H3,(H,22,26). The minimum atomic E-state index is -0.337. The van der Waals surface area contributed by atoms with Crippen molar-refractivity contribution in [1.29, 1.82) is 0 Å². The van der Waals surface area contributed by atoms with Crippen molar-refractivity contribution in [2.45, 2.75) is 13.8 Å². The minimum absolute atomic E-state index is 0.189. The first-order valence-electron chi connectivity index (χ1n) is 9.03. The van der Waals surface area contributed by atoms with Crippen LogP contribution in [0.5, 0.6) is 11.5 Å². The molecule has 0 aliphatic carbocycles. The Morgan fingerprint density at radius 2 is 1.93 bits per heavy atom. The van der Waals surface area contributed by atoms with Crippen molar-refractivity contribution in [2.24, 2.45) is 0 Å². The molecule has 1 aromatic heterocycles. The molecule has 4 rings (SSSR count). The first-order valence-corrected chi connectivity index (χ1v) is 9.03. The lowest BCUT2D eigenvalue weighted by atomic mass is 10.2. The van der Waals surface area contributed by atoms with Crippen molar-refractivity contribution in [3.63, 3.8) is 0 Å². The maximum atomic E-state index is 12.5.